The van der Waals surface area contributed by atoms with Crippen molar-refractivity contribution in [2.45, 2.75) is 19.4 Å². The molecule has 0 atom stereocenters. The van der Waals surface area contributed by atoms with Crippen LogP contribution in [0.2, 0.25) is 0 Å². The summed E-state index contributed by atoms with van der Waals surface area (Å²) in [7, 11) is 1.78. The Morgan fingerprint density at radius 1 is 1.21 bits per heavy atom. The van der Waals surface area contributed by atoms with Crippen molar-refractivity contribution in [1.82, 2.24) is 4.90 Å². The maximum atomic E-state index is 12.8. The van der Waals surface area contributed by atoms with E-state index in [-0.39, 0.29) is 11.7 Å². The zero-order valence-electron chi connectivity index (χ0n) is 10.8. The Morgan fingerprint density at radius 3 is 2.58 bits per heavy atom. The van der Waals surface area contributed by atoms with Gasteiger partial charge in [0.05, 0.1) is 0 Å². The lowest BCUT2D eigenvalue weighted by Gasteiger charge is -2.17. The van der Waals surface area contributed by atoms with Crippen molar-refractivity contribution in [2.24, 2.45) is 0 Å². The van der Waals surface area contributed by atoms with Crippen LogP contribution >= 0.6 is 11.3 Å². The number of carbonyl (C=O) groups is 1. The third-order valence-electron chi connectivity index (χ3n) is 2.97. The molecule has 0 saturated carbocycles. The minimum Gasteiger partial charge on any atom is -0.341 e. The first-order chi connectivity index (χ1) is 9.15. The van der Waals surface area contributed by atoms with Crippen LogP contribution in [-0.2, 0) is 17.8 Å². The number of benzene rings is 1. The van der Waals surface area contributed by atoms with Gasteiger partial charge in [-0.15, -0.1) is 0 Å². The van der Waals surface area contributed by atoms with E-state index in [1.807, 2.05) is 11.4 Å². The van der Waals surface area contributed by atoms with Crippen molar-refractivity contribution in [3.8, 4) is 0 Å². The van der Waals surface area contributed by atoms with Crippen LogP contribution in [-0.4, -0.2) is 17.9 Å². The van der Waals surface area contributed by atoms with Crippen LogP contribution in [0.25, 0.3) is 0 Å². The molecule has 0 aliphatic rings. The Morgan fingerprint density at radius 2 is 1.95 bits per heavy atom. The van der Waals surface area contributed by atoms with Crippen LogP contribution in [0.15, 0.2) is 41.1 Å². The third-order valence-corrected chi connectivity index (χ3v) is 3.70. The minimum absolute atomic E-state index is 0.107. The Kier molecular flexibility index (Phi) is 4.68. The summed E-state index contributed by atoms with van der Waals surface area (Å²) in [5.41, 5.74) is 2.14. The number of nitrogens with zero attached hydrogens (tertiary/aromatic N) is 1. The van der Waals surface area contributed by atoms with Crippen LogP contribution in [0.3, 0.4) is 0 Å². The molecular formula is C15H16FNOS. The van der Waals surface area contributed by atoms with Gasteiger partial charge < -0.3 is 4.90 Å². The largest absolute Gasteiger partial charge is 0.341 e. The molecule has 0 N–H and O–H groups in total. The van der Waals surface area contributed by atoms with Gasteiger partial charge in [-0.05, 0) is 46.5 Å². The van der Waals surface area contributed by atoms with Crippen molar-refractivity contribution < 1.29 is 9.18 Å². The van der Waals surface area contributed by atoms with Gasteiger partial charge in [-0.1, -0.05) is 12.1 Å². The van der Waals surface area contributed by atoms with E-state index < -0.39 is 0 Å². The summed E-state index contributed by atoms with van der Waals surface area (Å²) in [6, 6.07) is 8.28. The van der Waals surface area contributed by atoms with Crippen molar-refractivity contribution in [2.75, 3.05) is 7.05 Å². The average molecular weight is 277 g/mol. The van der Waals surface area contributed by atoms with E-state index >= 15 is 0 Å². The van der Waals surface area contributed by atoms with E-state index in [1.165, 1.54) is 17.7 Å². The smallest absolute Gasteiger partial charge is 0.222 e. The van der Waals surface area contributed by atoms with Crippen molar-refractivity contribution in [3.63, 3.8) is 0 Å². The first-order valence-corrected chi connectivity index (χ1v) is 7.09. The monoisotopic (exact) mass is 277 g/mol. The molecule has 0 saturated heterocycles. The lowest BCUT2D eigenvalue weighted by Crippen LogP contribution is -2.26. The summed E-state index contributed by atoms with van der Waals surface area (Å²) in [5.74, 6) is -0.147. The van der Waals surface area contributed by atoms with Crippen LogP contribution < -0.4 is 0 Å². The van der Waals surface area contributed by atoms with E-state index in [0.717, 1.165) is 12.0 Å². The van der Waals surface area contributed by atoms with Gasteiger partial charge in [0.25, 0.3) is 0 Å². The molecule has 0 spiro atoms. The summed E-state index contributed by atoms with van der Waals surface area (Å²) in [5, 5.41) is 4.08. The Labute approximate surface area is 116 Å². The number of rotatable bonds is 5. The minimum atomic E-state index is -0.254. The van der Waals surface area contributed by atoms with Gasteiger partial charge in [-0.25, -0.2) is 4.39 Å². The highest BCUT2D eigenvalue weighted by Crippen LogP contribution is 2.11. The summed E-state index contributed by atoms with van der Waals surface area (Å²) < 4.78 is 12.8. The Balaban J connectivity index is 1.83. The predicted octanol–water partition coefficient (Wildman–Crippen LogP) is 3.48. The highest BCUT2D eigenvalue weighted by atomic mass is 32.1. The molecule has 1 heterocycles. The van der Waals surface area contributed by atoms with Crippen molar-refractivity contribution in [3.05, 3.63) is 58.0 Å². The number of amides is 1. The van der Waals surface area contributed by atoms with Crippen LogP contribution in [0.5, 0.6) is 0 Å². The number of carbonyl (C=O) groups excluding carboxylic acids is 1. The van der Waals surface area contributed by atoms with Crippen LogP contribution in [0, 0.1) is 5.82 Å². The number of hydrogen-bond donors (Lipinski definition) is 0. The molecule has 0 bridgehead atoms. The Bertz CT molecular complexity index is 522. The lowest BCUT2D eigenvalue weighted by molar-refractivity contribution is -0.130. The highest BCUT2D eigenvalue weighted by molar-refractivity contribution is 7.07. The fourth-order valence-corrected chi connectivity index (χ4v) is 2.53. The number of aryl methyl sites for hydroxylation is 1. The Hall–Kier alpha value is -1.68. The number of halogens is 1. The molecule has 1 amide bonds. The van der Waals surface area contributed by atoms with Crippen LogP contribution in [0.4, 0.5) is 4.39 Å². The topological polar surface area (TPSA) is 20.3 Å². The third kappa shape index (κ3) is 4.17. The molecule has 2 nitrogen and oxygen atoms in total. The van der Waals surface area contributed by atoms with E-state index in [4.69, 9.17) is 0 Å². The lowest BCUT2D eigenvalue weighted by atomic mass is 10.1. The standard InChI is InChI=1S/C15H16FNOS/c1-17(10-12-2-5-14(16)6-3-12)15(18)7-4-13-8-9-19-11-13/h2-3,5-6,8-9,11H,4,7,10H2,1H3. The van der Waals surface area contributed by atoms with Gasteiger partial charge in [-0.2, -0.15) is 11.3 Å². The van der Waals surface area contributed by atoms with E-state index in [0.29, 0.717) is 13.0 Å². The highest BCUT2D eigenvalue weighted by Gasteiger charge is 2.09. The summed E-state index contributed by atoms with van der Waals surface area (Å²) in [6.07, 6.45) is 1.28. The number of hydrogen-bond acceptors (Lipinski definition) is 2. The molecule has 2 aromatic rings. The summed E-state index contributed by atoms with van der Waals surface area (Å²) in [6.45, 7) is 0.517. The fourth-order valence-electron chi connectivity index (χ4n) is 1.83. The second-order valence-corrected chi connectivity index (χ2v) is 5.29. The maximum Gasteiger partial charge on any atom is 0.222 e. The van der Waals surface area contributed by atoms with Crippen molar-refractivity contribution >= 4 is 17.2 Å². The van der Waals surface area contributed by atoms with E-state index in [2.05, 4.69) is 5.38 Å². The van der Waals surface area contributed by atoms with Gasteiger partial charge in [-0.3, -0.25) is 4.79 Å². The molecule has 0 fully saturated rings. The molecule has 1 aromatic carbocycles. The first-order valence-electron chi connectivity index (χ1n) is 6.14. The maximum absolute atomic E-state index is 12.8. The fraction of sp³-hybridized carbons (Fsp3) is 0.267. The molecule has 4 heteroatoms. The quantitative estimate of drug-likeness (QED) is 0.819. The van der Waals surface area contributed by atoms with E-state index in [9.17, 15) is 9.18 Å². The van der Waals surface area contributed by atoms with Crippen LogP contribution in [0.1, 0.15) is 17.5 Å². The number of thiophene rings is 1. The van der Waals surface area contributed by atoms with Gasteiger partial charge >= 0.3 is 0 Å². The van der Waals surface area contributed by atoms with Crippen molar-refractivity contribution in [1.29, 1.82) is 0 Å². The first kappa shape index (κ1) is 13.7. The normalized spacial score (nSPS) is 10.4. The van der Waals surface area contributed by atoms with Gasteiger partial charge in [0.15, 0.2) is 0 Å². The van der Waals surface area contributed by atoms with Gasteiger partial charge in [0.2, 0.25) is 5.91 Å². The average Bonchev–Trinajstić information content (AvgIpc) is 2.91. The predicted molar refractivity (Wildman–Crippen MR) is 75.5 cm³/mol. The van der Waals surface area contributed by atoms with Gasteiger partial charge in [0.1, 0.15) is 5.82 Å². The van der Waals surface area contributed by atoms with Gasteiger partial charge in [0, 0.05) is 20.0 Å². The molecular weight excluding hydrogens is 261 g/mol. The molecule has 2 rings (SSSR count). The molecule has 1 aromatic heterocycles. The van der Waals surface area contributed by atoms with E-state index in [1.54, 1.807) is 35.4 Å². The SMILES string of the molecule is CN(Cc1ccc(F)cc1)C(=O)CCc1ccsc1. The zero-order valence-corrected chi connectivity index (χ0v) is 11.6. The zero-order chi connectivity index (χ0) is 13.7. The second-order valence-electron chi connectivity index (χ2n) is 4.51. The molecule has 0 radical (unpaired) electrons. The molecule has 0 aliphatic heterocycles. The molecule has 19 heavy (non-hydrogen) atoms. The molecule has 0 aliphatic carbocycles. The summed E-state index contributed by atoms with van der Waals surface area (Å²) >= 11 is 1.64. The molecule has 0 unspecified atom stereocenters. The second kappa shape index (κ2) is 6.48. The molecule has 100 valence electrons. The summed E-state index contributed by atoms with van der Waals surface area (Å²) in [4.78, 5) is 13.6.